The fourth-order valence-electron chi connectivity index (χ4n) is 2.63. The van der Waals surface area contributed by atoms with Gasteiger partial charge in [-0.3, -0.25) is 10.1 Å². The average Bonchev–Trinajstić information content (AvgIpc) is 3.09. The number of morpholine rings is 1. The number of nitro benzene ring substituents is 1. The van der Waals surface area contributed by atoms with E-state index < -0.39 is 0 Å². The molecule has 1 aromatic carbocycles. The number of rotatable bonds is 5. The lowest BCUT2D eigenvalue weighted by Gasteiger charge is -2.33. The Morgan fingerprint density at radius 1 is 1.57 bits per heavy atom. The minimum atomic E-state index is -0.381. The molecule has 0 aliphatic carbocycles. The largest absolute Gasteiger partial charge is 0.487 e. The van der Waals surface area contributed by atoms with Crippen molar-refractivity contribution in [1.29, 1.82) is 0 Å². The molecule has 0 radical (unpaired) electrons. The van der Waals surface area contributed by atoms with E-state index in [1.165, 1.54) is 11.3 Å². The third kappa shape index (κ3) is 3.27. The van der Waals surface area contributed by atoms with Crippen LogP contribution in [0.15, 0.2) is 29.8 Å². The summed E-state index contributed by atoms with van der Waals surface area (Å²) in [4.78, 5) is 17.4. The highest BCUT2D eigenvalue weighted by atomic mass is 32.1. The molecule has 122 valence electrons. The zero-order chi connectivity index (χ0) is 16.2. The molecule has 0 spiro atoms. The van der Waals surface area contributed by atoms with E-state index in [0.29, 0.717) is 37.7 Å². The van der Waals surface area contributed by atoms with Crippen molar-refractivity contribution >= 4 is 22.7 Å². The maximum atomic E-state index is 11.5. The van der Waals surface area contributed by atoms with Gasteiger partial charge in [-0.15, -0.1) is 11.3 Å². The Morgan fingerprint density at radius 3 is 3.13 bits per heavy atom. The van der Waals surface area contributed by atoms with Crippen LogP contribution in [0.2, 0.25) is 0 Å². The lowest BCUT2D eigenvalue weighted by Crippen LogP contribution is -2.38. The van der Waals surface area contributed by atoms with Crippen LogP contribution in [0, 0.1) is 10.1 Å². The van der Waals surface area contributed by atoms with Crippen LogP contribution in [-0.2, 0) is 4.74 Å². The van der Waals surface area contributed by atoms with Gasteiger partial charge in [-0.25, -0.2) is 4.98 Å². The molecule has 1 aliphatic heterocycles. The molecule has 2 aromatic rings. The highest BCUT2D eigenvalue weighted by Gasteiger charge is 2.30. The molecule has 1 saturated heterocycles. The zero-order valence-corrected chi connectivity index (χ0v) is 13.5. The number of aromatic nitrogens is 1. The lowest BCUT2D eigenvalue weighted by atomic mass is 10.2. The van der Waals surface area contributed by atoms with Crippen LogP contribution in [0.25, 0.3) is 0 Å². The Labute approximate surface area is 137 Å². The van der Waals surface area contributed by atoms with Gasteiger partial charge < -0.3 is 14.4 Å². The van der Waals surface area contributed by atoms with Crippen LogP contribution in [-0.4, -0.2) is 36.2 Å². The molecular formula is C15H17N3O4S. The number of anilines is 1. The SMILES string of the molecule is CCOc1cccc(N2CCOC(c3nccs3)C2)c1[N+](=O)[O-]. The molecule has 0 bridgehead atoms. The van der Waals surface area contributed by atoms with E-state index in [9.17, 15) is 10.1 Å². The quantitative estimate of drug-likeness (QED) is 0.617. The summed E-state index contributed by atoms with van der Waals surface area (Å²) >= 11 is 1.53. The highest BCUT2D eigenvalue weighted by molar-refractivity contribution is 7.09. The van der Waals surface area contributed by atoms with Crippen molar-refractivity contribution < 1.29 is 14.4 Å². The number of nitro groups is 1. The topological polar surface area (TPSA) is 77.7 Å². The van der Waals surface area contributed by atoms with E-state index in [4.69, 9.17) is 9.47 Å². The van der Waals surface area contributed by atoms with Crippen molar-refractivity contribution in [1.82, 2.24) is 4.98 Å². The molecule has 1 unspecified atom stereocenters. The summed E-state index contributed by atoms with van der Waals surface area (Å²) in [5.41, 5.74) is 0.569. The Balaban J connectivity index is 1.91. The van der Waals surface area contributed by atoms with Gasteiger partial charge in [0.05, 0.1) is 24.7 Å². The zero-order valence-electron chi connectivity index (χ0n) is 12.7. The van der Waals surface area contributed by atoms with Crippen LogP contribution in [0.3, 0.4) is 0 Å². The smallest absolute Gasteiger partial charge is 0.333 e. The van der Waals surface area contributed by atoms with E-state index >= 15 is 0 Å². The molecule has 1 fully saturated rings. The standard InChI is InChI=1S/C15H17N3O4S/c1-2-21-12-5-3-4-11(14(12)18(19)20)17-7-8-22-13(10-17)15-16-6-9-23-15/h3-6,9,13H,2,7-8,10H2,1H3. The monoisotopic (exact) mass is 335 g/mol. The van der Waals surface area contributed by atoms with E-state index in [1.54, 1.807) is 24.4 Å². The fraction of sp³-hybridized carbons (Fsp3) is 0.400. The van der Waals surface area contributed by atoms with Gasteiger partial charge >= 0.3 is 5.69 Å². The van der Waals surface area contributed by atoms with Crippen LogP contribution in [0.4, 0.5) is 11.4 Å². The summed E-state index contributed by atoms with van der Waals surface area (Å²) in [6, 6.07) is 5.16. The second-order valence-corrected chi connectivity index (χ2v) is 5.92. The number of thiazole rings is 1. The highest BCUT2D eigenvalue weighted by Crippen LogP contribution is 2.39. The predicted molar refractivity (Wildman–Crippen MR) is 87.3 cm³/mol. The van der Waals surface area contributed by atoms with Crippen molar-refractivity contribution in [2.45, 2.75) is 13.0 Å². The van der Waals surface area contributed by atoms with Gasteiger partial charge in [0.25, 0.3) is 0 Å². The predicted octanol–water partition coefficient (Wildman–Crippen LogP) is 3.03. The van der Waals surface area contributed by atoms with Crippen molar-refractivity contribution in [2.75, 3.05) is 31.2 Å². The Morgan fingerprint density at radius 2 is 2.43 bits per heavy atom. The fourth-order valence-corrected chi connectivity index (χ4v) is 3.31. The van der Waals surface area contributed by atoms with Crippen LogP contribution < -0.4 is 9.64 Å². The minimum absolute atomic E-state index is 0.00846. The maximum absolute atomic E-state index is 11.5. The summed E-state index contributed by atoms with van der Waals surface area (Å²) in [6.45, 7) is 3.82. The number of para-hydroxylation sites is 1. The molecular weight excluding hydrogens is 318 g/mol. The number of ether oxygens (including phenoxy) is 2. The van der Waals surface area contributed by atoms with E-state index in [1.807, 2.05) is 17.2 Å². The summed E-state index contributed by atoms with van der Waals surface area (Å²) < 4.78 is 11.2. The number of hydrogen-bond acceptors (Lipinski definition) is 7. The first-order chi connectivity index (χ1) is 11.2. The molecule has 1 aliphatic rings. The minimum Gasteiger partial charge on any atom is -0.487 e. The van der Waals surface area contributed by atoms with Crippen molar-refractivity contribution in [3.8, 4) is 5.75 Å². The van der Waals surface area contributed by atoms with Gasteiger partial charge in [0.15, 0.2) is 5.75 Å². The Hall–Kier alpha value is -2.19. The van der Waals surface area contributed by atoms with Gasteiger partial charge in [-0.2, -0.15) is 0 Å². The third-order valence-corrected chi connectivity index (χ3v) is 4.46. The Kier molecular flexibility index (Phi) is 4.73. The van der Waals surface area contributed by atoms with E-state index in [2.05, 4.69) is 4.98 Å². The Bertz CT molecular complexity index is 677. The first kappa shape index (κ1) is 15.7. The van der Waals surface area contributed by atoms with Crippen molar-refractivity contribution in [3.63, 3.8) is 0 Å². The average molecular weight is 335 g/mol. The summed E-state index contributed by atoms with van der Waals surface area (Å²) in [5, 5.41) is 14.3. The molecule has 0 saturated carbocycles. The molecule has 0 amide bonds. The summed E-state index contributed by atoms with van der Waals surface area (Å²) in [7, 11) is 0. The van der Waals surface area contributed by atoms with Crippen LogP contribution in [0.5, 0.6) is 5.75 Å². The van der Waals surface area contributed by atoms with Gasteiger partial charge in [0.2, 0.25) is 0 Å². The van der Waals surface area contributed by atoms with Crippen LogP contribution >= 0.6 is 11.3 Å². The molecule has 7 nitrogen and oxygen atoms in total. The summed E-state index contributed by atoms with van der Waals surface area (Å²) in [6.07, 6.45) is 1.57. The normalized spacial score (nSPS) is 18.0. The first-order valence-corrected chi connectivity index (χ1v) is 8.24. The molecule has 3 rings (SSSR count). The first-order valence-electron chi connectivity index (χ1n) is 7.37. The third-order valence-electron chi connectivity index (χ3n) is 3.59. The molecule has 1 aromatic heterocycles. The van der Waals surface area contributed by atoms with Crippen molar-refractivity contribution in [2.24, 2.45) is 0 Å². The second kappa shape index (κ2) is 6.93. The maximum Gasteiger partial charge on any atom is 0.333 e. The lowest BCUT2D eigenvalue weighted by molar-refractivity contribution is -0.385. The molecule has 0 N–H and O–H groups in total. The molecule has 2 heterocycles. The molecule has 8 heteroatoms. The summed E-state index contributed by atoms with van der Waals surface area (Å²) in [5.74, 6) is 0.298. The molecule has 1 atom stereocenters. The van der Waals surface area contributed by atoms with Gasteiger partial charge in [0, 0.05) is 18.1 Å². The number of hydrogen-bond donors (Lipinski definition) is 0. The van der Waals surface area contributed by atoms with Gasteiger partial charge in [-0.05, 0) is 19.1 Å². The second-order valence-electron chi connectivity index (χ2n) is 4.99. The van der Waals surface area contributed by atoms with Crippen molar-refractivity contribution in [3.05, 3.63) is 44.9 Å². The van der Waals surface area contributed by atoms with Gasteiger partial charge in [-0.1, -0.05) is 6.07 Å². The van der Waals surface area contributed by atoms with E-state index in [-0.39, 0.29) is 16.7 Å². The van der Waals surface area contributed by atoms with Crippen LogP contribution in [0.1, 0.15) is 18.0 Å². The van der Waals surface area contributed by atoms with E-state index in [0.717, 1.165) is 5.01 Å². The number of benzene rings is 1. The van der Waals surface area contributed by atoms with Gasteiger partial charge in [0.1, 0.15) is 16.8 Å². The number of nitrogens with zero attached hydrogens (tertiary/aromatic N) is 3. The molecule has 23 heavy (non-hydrogen) atoms.